The molecule has 4 aromatic rings. The van der Waals surface area contributed by atoms with Crippen LogP contribution in [0.5, 0.6) is 0 Å². The van der Waals surface area contributed by atoms with E-state index in [-0.39, 0.29) is 11.5 Å². The van der Waals surface area contributed by atoms with Crippen molar-refractivity contribution in [2.24, 2.45) is 0 Å². The number of hydrogen-bond donors (Lipinski definition) is 2. The number of benzene rings is 3. The molecule has 1 aliphatic rings. The maximum atomic E-state index is 13.8. The highest BCUT2D eigenvalue weighted by Crippen LogP contribution is 2.36. The Hall–Kier alpha value is -5.03. The first-order valence-corrected chi connectivity index (χ1v) is 13.1. The Balaban J connectivity index is 1.48. The van der Waals surface area contributed by atoms with Gasteiger partial charge in [0.2, 0.25) is 5.91 Å². The highest BCUT2D eigenvalue weighted by Gasteiger charge is 2.36. The van der Waals surface area contributed by atoms with Gasteiger partial charge in [-0.1, -0.05) is 23.7 Å². The molecule has 2 amide bonds. The van der Waals surface area contributed by atoms with E-state index < -0.39 is 17.9 Å². The van der Waals surface area contributed by atoms with Crippen molar-refractivity contribution >= 4 is 46.8 Å². The van der Waals surface area contributed by atoms with Crippen molar-refractivity contribution in [3.63, 3.8) is 0 Å². The highest BCUT2D eigenvalue weighted by atomic mass is 35.5. The monoisotopic (exact) mass is 571 g/mol. The number of amides is 2. The Morgan fingerprint density at radius 1 is 1.10 bits per heavy atom. The fourth-order valence-electron chi connectivity index (χ4n) is 4.89. The summed E-state index contributed by atoms with van der Waals surface area (Å²) in [5, 5.41) is 23.8. The van der Waals surface area contributed by atoms with Crippen molar-refractivity contribution in [1.82, 2.24) is 25.1 Å². The quantitative estimate of drug-likeness (QED) is 0.319. The molecule has 1 unspecified atom stereocenters. The van der Waals surface area contributed by atoms with Gasteiger partial charge < -0.3 is 20.2 Å². The topological polar surface area (TPSA) is 134 Å². The van der Waals surface area contributed by atoms with Crippen molar-refractivity contribution in [3.05, 3.63) is 100 Å². The fourth-order valence-corrected chi connectivity index (χ4v) is 5.07. The van der Waals surface area contributed by atoms with Crippen LogP contribution in [-0.2, 0) is 16.0 Å². The minimum absolute atomic E-state index is 0.102. The lowest BCUT2D eigenvalue weighted by atomic mass is 9.90. The molecule has 0 bridgehead atoms. The number of nitrogens with one attached hydrogen (secondary N) is 1. The number of aromatic nitrogens is 4. The summed E-state index contributed by atoms with van der Waals surface area (Å²) < 4.78 is 1.46. The summed E-state index contributed by atoms with van der Waals surface area (Å²) in [5.74, 6) is -1.84. The molecule has 0 fully saturated rings. The number of tetrazole rings is 1. The Morgan fingerprint density at radius 3 is 2.56 bits per heavy atom. The maximum Gasteiger partial charge on any atom is 0.335 e. The lowest BCUT2D eigenvalue weighted by molar-refractivity contribution is -0.135. The van der Waals surface area contributed by atoms with Crippen LogP contribution in [0.4, 0.5) is 11.4 Å². The highest BCUT2D eigenvalue weighted by molar-refractivity contribution is 6.30. The number of carboxylic acid groups (broad SMARTS) is 1. The molecule has 1 aliphatic heterocycles. The molecule has 0 saturated heterocycles. The molecule has 0 radical (unpaired) electrons. The van der Waals surface area contributed by atoms with Gasteiger partial charge in [0.1, 0.15) is 12.4 Å². The zero-order valence-electron chi connectivity index (χ0n) is 22.2. The van der Waals surface area contributed by atoms with Crippen molar-refractivity contribution in [3.8, 4) is 5.69 Å². The molecule has 12 heteroatoms. The van der Waals surface area contributed by atoms with Crippen molar-refractivity contribution in [2.45, 2.75) is 12.5 Å². The minimum atomic E-state index is -1.06. The van der Waals surface area contributed by atoms with Crippen molar-refractivity contribution in [1.29, 1.82) is 0 Å². The molecule has 0 aliphatic carbocycles. The second kappa shape index (κ2) is 11.6. The van der Waals surface area contributed by atoms with Crippen LogP contribution in [0.2, 0.25) is 5.02 Å². The molecule has 5 rings (SSSR count). The van der Waals surface area contributed by atoms with Gasteiger partial charge in [0.05, 0.1) is 11.3 Å². The molecule has 0 saturated carbocycles. The van der Waals surface area contributed by atoms with Crippen LogP contribution in [-0.4, -0.2) is 68.6 Å². The number of aromatic carboxylic acids is 1. The summed E-state index contributed by atoms with van der Waals surface area (Å²) in [6, 6.07) is 15.8. The molecule has 2 heterocycles. The van der Waals surface area contributed by atoms with Gasteiger partial charge in [-0.3, -0.25) is 9.59 Å². The first-order valence-electron chi connectivity index (χ1n) is 12.7. The van der Waals surface area contributed by atoms with E-state index in [4.69, 9.17) is 11.6 Å². The number of anilines is 2. The Bertz CT molecular complexity index is 1640. The second-order valence-corrected chi connectivity index (χ2v) is 10.0. The number of nitrogens with zero attached hydrogens (tertiary/aromatic N) is 6. The Kier molecular flexibility index (Phi) is 7.79. The van der Waals surface area contributed by atoms with Crippen LogP contribution >= 0.6 is 11.6 Å². The normalized spacial score (nSPS) is 14.5. The number of rotatable bonds is 7. The number of hydrogen-bond acceptors (Lipinski definition) is 7. The molecule has 0 spiro atoms. The number of halogens is 1. The SMILES string of the molecule is CN(C)c1cccc2c1CCN(C(=O)C=Cc1cc(Cl)ccc1-n1cnnn1)C2C(=O)Nc1ccc(C(=O)O)cc1. The van der Waals surface area contributed by atoms with Gasteiger partial charge in [-0.05, 0) is 82.6 Å². The third kappa shape index (κ3) is 5.80. The predicted octanol–water partition coefficient (Wildman–Crippen LogP) is 3.86. The fraction of sp³-hybridized carbons (Fsp3) is 0.172. The smallest absolute Gasteiger partial charge is 0.335 e. The largest absolute Gasteiger partial charge is 0.478 e. The van der Waals surface area contributed by atoms with E-state index in [9.17, 15) is 19.5 Å². The lowest BCUT2D eigenvalue weighted by Gasteiger charge is -2.37. The van der Waals surface area contributed by atoms with Gasteiger partial charge in [-0.25, -0.2) is 4.79 Å². The van der Waals surface area contributed by atoms with E-state index in [1.165, 1.54) is 46.3 Å². The lowest BCUT2D eigenvalue weighted by Crippen LogP contribution is -2.45. The number of carbonyl (C=O) groups excluding carboxylic acids is 2. The molecule has 1 aromatic heterocycles. The third-order valence-electron chi connectivity index (χ3n) is 6.80. The zero-order chi connectivity index (χ0) is 29.1. The van der Waals surface area contributed by atoms with Gasteiger partial charge in [-0.2, -0.15) is 4.68 Å². The molecule has 1 atom stereocenters. The molecular weight excluding hydrogens is 546 g/mol. The van der Waals surface area contributed by atoms with Gasteiger partial charge >= 0.3 is 5.97 Å². The van der Waals surface area contributed by atoms with Gasteiger partial charge in [0.15, 0.2) is 0 Å². The van der Waals surface area contributed by atoms with Crippen LogP contribution in [0, 0.1) is 0 Å². The first-order chi connectivity index (χ1) is 19.7. The summed E-state index contributed by atoms with van der Waals surface area (Å²) >= 11 is 6.23. The van der Waals surface area contributed by atoms with E-state index in [1.54, 1.807) is 24.3 Å². The van der Waals surface area contributed by atoms with Gasteiger partial charge in [0.25, 0.3) is 5.91 Å². The average Bonchev–Trinajstić information content (AvgIpc) is 3.50. The second-order valence-electron chi connectivity index (χ2n) is 9.59. The summed E-state index contributed by atoms with van der Waals surface area (Å²) in [6.07, 6.45) is 5.03. The standard InChI is InChI=1S/C29H26ClN7O4/c1-35(2)25-5-3-4-23-22(25)14-15-36(27(23)28(39)32-21-10-6-18(7-11-21)29(40)41)26(38)13-8-19-16-20(30)9-12-24(19)37-17-31-33-34-37/h3-13,16-17,27H,14-15H2,1-2H3,(H,32,39)(H,40,41). The van der Waals surface area contributed by atoms with Crippen molar-refractivity contribution in [2.75, 3.05) is 30.9 Å². The maximum absolute atomic E-state index is 13.8. The number of carboxylic acids is 1. The van der Waals surface area contributed by atoms with Crippen LogP contribution in [0.15, 0.2) is 73.1 Å². The molecule has 2 N–H and O–H groups in total. The summed E-state index contributed by atoms with van der Waals surface area (Å²) in [6.45, 7) is 0.312. The summed E-state index contributed by atoms with van der Waals surface area (Å²) in [7, 11) is 3.87. The van der Waals surface area contributed by atoms with Crippen LogP contribution in [0.1, 0.15) is 33.1 Å². The number of fused-ring (bicyclic) bond motifs is 1. The van der Waals surface area contributed by atoms with E-state index in [0.29, 0.717) is 34.9 Å². The summed E-state index contributed by atoms with van der Waals surface area (Å²) in [4.78, 5) is 42.2. The van der Waals surface area contributed by atoms with Crippen LogP contribution in [0.25, 0.3) is 11.8 Å². The molecule has 41 heavy (non-hydrogen) atoms. The third-order valence-corrected chi connectivity index (χ3v) is 7.04. The predicted molar refractivity (Wildman–Crippen MR) is 154 cm³/mol. The van der Waals surface area contributed by atoms with Crippen molar-refractivity contribution < 1.29 is 19.5 Å². The van der Waals surface area contributed by atoms with E-state index in [1.807, 2.05) is 37.2 Å². The first kappa shape index (κ1) is 27.5. The van der Waals surface area contributed by atoms with E-state index in [2.05, 4.69) is 20.8 Å². The Morgan fingerprint density at radius 2 is 1.88 bits per heavy atom. The molecule has 3 aromatic carbocycles. The van der Waals surface area contributed by atoms with Gasteiger partial charge in [-0.15, -0.1) is 5.10 Å². The molecule has 11 nitrogen and oxygen atoms in total. The zero-order valence-corrected chi connectivity index (χ0v) is 23.0. The molecular formula is C29H26ClN7O4. The van der Waals surface area contributed by atoms with E-state index >= 15 is 0 Å². The van der Waals surface area contributed by atoms with E-state index in [0.717, 1.165) is 16.8 Å². The number of carbonyl (C=O) groups is 3. The molecule has 208 valence electrons. The van der Waals surface area contributed by atoms with Crippen LogP contribution < -0.4 is 10.2 Å². The Labute approximate surface area is 240 Å². The minimum Gasteiger partial charge on any atom is -0.478 e. The van der Waals surface area contributed by atoms with Gasteiger partial charge in [0, 0.05) is 48.7 Å². The average molecular weight is 572 g/mol. The summed E-state index contributed by atoms with van der Waals surface area (Å²) in [5.41, 5.74) is 4.45. The van der Waals surface area contributed by atoms with Crippen LogP contribution in [0.3, 0.4) is 0 Å².